The number of carbonyl (C=O) groups is 2. The van der Waals surface area contributed by atoms with Crippen LogP contribution in [0.15, 0.2) is 54.6 Å². The molecule has 0 atom stereocenters. The van der Waals surface area contributed by atoms with E-state index in [2.05, 4.69) is 0 Å². The summed E-state index contributed by atoms with van der Waals surface area (Å²) in [7, 11) is 0. The van der Waals surface area contributed by atoms with Crippen molar-refractivity contribution in [3.8, 4) is 0 Å². The molecule has 0 saturated heterocycles. The first-order valence-electron chi connectivity index (χ1n) is 5.18. The molecule has 0 fully saturated rings. The van der Waals surface area contributed by atoms with E-state index in [4.69, 9.17) is 5.73 Å². The molecule has 3 heteroatoms. The predicted molar refractivity (Wildman–Crippen MR) is 66.0 cm³/mol. The van der Waals surface area contributed by atoms with Crippen molar-refractivity contribution in [1.82, 2.24) is 0 Å². The van der Waals surface area contributed by atoms with Gasteiger partial charge in [-0.15, -0.1) is 0 Å². The number of rotatable bonds is 3. The number of carbonyl (C=O) groups excluding carboxylic acids is 2. The quantitative estimate of drug-likeness (QED) is 0.495. The van der Waals surface area contributed by atoms with Crippen molar-refractivity contribution in [3.63, 3.8) is 0 Å². The van der Waals surface area contributed by atoms with Crippen molar-refractivity contribution in [3.05, 3.63) is 65.7 Å². The molecule has 0 saturated carbocycles. The molecule has 0 aliphatic carbocycles. The van der Waals surface area contributed by atoms with Gasteiger partial charge in [0.25, 0.3) is 0 Å². The van der Waals surface area contributed by atoms with E-state index in [1.807, 2.05) is 0 Å². The summed E-state index contributed by atoms with van der Waals surface area (Å²) in [5.74, 6) is -1.06. The van der Waals surface area contributed by atoms with Gasteiger partial charge in [-0.2, -0.15) is 0 Å². The summed E-state index contributed by atoms with van der Waals surface area (Å²) in [4.78, 5) is 23.8. The second-order valence-electron chi connectivity index (χ2n) is 3.65. The SMILES string of the molecule is Nc1cccc(C(=O)C(=O)c2ccccc2)c1. The smallest absolute Gasteiger partial charge is 0.233 e. The minimum absolute atomic E-state index is 0.318. The Bertz CT molecular complexity index is 561. The summed E-state index contributed by atoms with van der Waals surface area (Å²) in [6, 6.07) is 14.9. The third-order valence-electron chi connectivity index (χ3n) is 2.39. The van der Waals surface area contributed by atoms with Crippen molar-refractivity contribution >= 4 is 17.3 Å². The van der Waals surface area contributed by atoms with Crippen LogP contribution < -0.4 is 5.73 Å². The van der Waals surface area contributed by atoms with Crippen LogP contribution in [0.2, 0.25) is 0 Å². The minimum Gasteiger partial charge on any atom is -0.399 e. The highest BCUT2D eigenvalue weighted by atomic mass is 16.2. The average molecular weight is 225 g/mol. The fourth-order valence-corrected chi connectivity index (χ4v) is 1.53. The molecule has 17 heavy (non-hydrogen) atoms. The molecule has 2 aromatic rings. The van der Waals surface area contributed by atoms with Gasteiger partial charge in [-0.3, -0.25) is 9.59 Å². The number of nitrogen functional groups attached to an aromatic ring is 1. The van der Waals surface area contributed by atoms with Gasteiger partial charge in [-0.25, -0.2) is 0 Å². The fraction of sp³-hybridized carbons (Fsp3) is 0. The maximum Gasteiger partial charge on any atom is 0.233 e. The van der Waals surface area contributed by atoms with E-state index in [9.17, 15) is 9.59 Å². The molecule has 0 bridgehead atoms. The Morgan fingerprint density at radius 2 is 1.35 bits per heavy atom. The Morgan fingerprint density at radius 3 is 2.00 bits per heavy atom. The second kappa shape index (κ2) is 4.61. The largest absolute Gasteiger partial charge is 0.399 e. The zero-order valence-electron chi connectivity index (χ0n) is 9.09. The molecule has 0 aromatic heterocycles. The van der Waals surface area contributed by atoms with Crippen molar-refractivity contribution < 1.29 is 9.59 Å². The molecule has 0 aliphatic rings. The molecule has 0 heterocycles. The van der Waals surface area contributed by atoms with Crippen molar-refractivity contribution in [2.75, 3.05) is 5.73 Å². The van der Waals surface area contributed by atoms with Crippen LogP contribution >= 0.6 is 0 Å². The minimum atomic E-state index is -0.538. The van der Waals surface area contributed by atoms with E-state index >= 15 is 0 Å². The van der Waals surface area contributed by atoms with Gasteiger partial charge >= 0.3 is 0 Å². The summed E-state index contributed by atoms with van der Waals surface area (Å²) in [6.45, 7) is 0. The number of hydrogen-bond donors (Lipinski definition) is 1. The van der Waals surface area contributed by atoms with E-state index in [0.717, 1.165) is 0 Å². The third kappa shape index (κ3) is 2.39. The van der Waals surface area contributed by atoms with E-state index < -0.39 is 11.6 Å². The van der Waals surface area contributed by atoms with Gasteiger partial charge in [0.15, 0.2) is 0 Å². The van der Waals surface area contributed by atoms with Gasteiger partial charge in [0.2, 0.25) is 11.6 Å². The first kappa shape index (κ1) is 11.1. The lowest BCUT2D eigenvalue weighted by Crippen LogP contribution is -2.14. The number of benzene rings is 2. The summed E-state index contributed by atoms with van der Waals surface area (Å²) in [5, 5.41) is 0. The summed E-state index contributed by atoms with van der Waals surface area (Å²) < 4.78 is 0. The number of Topliss-reactive ketones (excluding diaryl/α,β-unsaturated/α-hetero) is 2. The summed E-state index contributed by atoms with van der Waals surface area (Å²) in [5.41, 5.74) is 6.75. The molecular formula is C14H11NO2. The predicted octanol–water partition coefficient (Wildman–Crippen LogP) is 2.33. The first-order valence-corrected chi connectivity index (χ1v) is 5.18. The Hall–Kier alpha value is -2.42. The number of hydrogen-bond acceptors (Lipinski definition) is 3. The Labute approximate surface area is 98.9 Å². The van der Waals surface area contributed by atoms with Gasteiger partial charge in [0, 0.05) is 16.8 Å². The lowest BCUT2D eigenvalue weighted by atomic mass is 10.0. The molecule has 84 valence electrons. The molecule has 3 nitrogen and oxygen atoms in total. The molecule has 0 unspecified atom stereocenters. The highest BCUT2D eigenvalue weighted by molar-refractivity contribution is 6.49. The molecule has 0 radical (unpaired) electrons. The standard InChI is InChI=1S/C14H11NO2/c15-12-8-4-7-11(9-12)14(17)13(16)10-5-2-1-3-6-10/h1-9H,15H2. The molecular weight excluding hydrogens is 214 g/mol. The number of anilines is 1. The Morgan fingerprint density at radius 1 is 0.765 bits per heavy atom. The van der Waals surface area contributed by atoms with E-state index in [0.29, 0.717) is 16.8 Å². The van der Waals surface area contributed by atoms with Crippen LogP contribution in [0.4, 0.5) is 5.69 Å². The van der Waals surface area contributed by atoms with E-state index in [1.54, 1.807) is 48.5 Å². The van der Waals surface area contributed by atoms with Crippen LogP contribution in [0.25, 0.3) is 0 Å². The van der Waals surface area contributed by atoms with Gasteiger partial charge in [0.05, 0.1) is 0 Å². The van der Waals surface area contributed by atoms with E-state index in [1.165, 1.54) is 6.07 Å². The number of ketones is 2. The monoisotopic (exact) mass is 225 g/mol. The summed E-state index contributed by atoms with van der Waals surface area (Å²) in [6.07, 6.45) is 0. The van der Waals surface area contributed by atoms with Crippen LogP contribution in [-0.4, -0.2) is 11.6 Å². The second-order valence-corrected chi connectivity index (χ2v) is 3.65. The number of nitrogens with two attached hydrogens (primary N) is 1. The lowest BCUT2D eigenvalue weighted by molar-refractivity contribution is 0.0817. The normalized spacial score (nSPS) is 9.88. The summed E-state index contributed by atoms with van der Waals surface area (Å²) >= 11 is 0. The Kier molecular flexibility index (Phi) is 3.01. The van der Waals surface area contributed by atoms with Crippen molar-refractivity contribution in [2.45, 2.75) is 0 Å². The molecule has 2 aromatic carbocycles. The topological polar surface area (TPSA) is 60.2 Å². The average Bonchev–Trinajstić information content (AvgIpc) is 2.38. The Balaban J connectivity index is 2.30. The maximum absolute atomic E-state index is 11.9. The molecule has 0 aliphatic heterocycles. The molecule has 0 spiro atoms. The highest BCUT2D eigenvalue weighted by Gasteiger charge is 2.17. The van der Waals surface area contributed by atoms with Crippen LogP contribution in [0.3, 0.4) is 0 Å². The molecule has 0 amide bonds. The zero-order valence-corrected chi connectivity index (χ0v) is 9.09. The third-order valence-corrected chi connectivity index (χ3v) is 2.39. The van der Waals surface area contributed by atoms with Gasteiger partial charge in [-0.05, 0) is 12.1 Å². The first-order chi connectivity index (χ1) is 8.18. The van der Waals surface area contributed by atoms with Crippen LogP contribution in [0, 0.1) is 0 Å². The van der Waals surface area contributed by atoms with Gasteiger partial charge < -0.3 is 5.73 Å². The lowest BCUT2D eigenvalue weighted by Gasteiger charge is -2.01. The van der Waals surface area contributed by atoms with Crippen LogP contribution in [0.1, 0.15) is 20.7 Å². The van der Waals surface area contributed by atoms with Crippen molar-refractivity contribution in [1.29, 1.82) is 0 Å². The van der Waals surface area contributed by atoms with Crippen molar-refractivity contribution in [2.24, 2.45) is 0 Å². The zero-order chi connectivity index (χ0) is 12.3. The van der Waals surface area contributed by atoms with Gasteiger partial charge in [0.1, 0.15) is 0 Å². The van der Waals surface area contributed by atoms with Crippen LogP contribution in [-0.2, 0) is 0 Å². The van der Waals surface area contributed by atoms with Crippen LogP contribution in [0.5, 0.6) is 0 Å². The fourth-order valence-electron chi connectivity index (χ4n) is 1.53. The highest BCUT2D eigenvalue weighted by Crippen LogP contribution is 2.11. The van der Waals surface area contributed by atoms with Gasteiger partial charge in [-0.1, -0.05) is 42.5 Å². The molecule has 2 rings (SSSR count). The molecule has 2 N–H and O–H groups in total. The van der Waals surface area contributed by atoms with E-state index in [-0.39, 0.29) is 0 Å². The maximum atomic E-state index is 11.9.